The van der Waals surface area contributed by atoms with Crippen LogP contribution in [0, 0.1) is 5.82 Å². The van der Waals surface area contributed by atoms with E-state index in [4.69, 9.17) is 4.99 Å². The van der Waals surface area contributed by atoms with Gasteiger partial charge in [-0.25, -0.2) is 14.4 Å². The van der Waals surface area contributed by atoms with Crippen LogP contribution in [0.3, 0.4) is 0 Å². The highest BCUT2D eigenvalue weighted by Gasteiger charge is 2.26. The average molecular weight is 439 g/mol. The molecule has 2 aliphatic heterocycles. The van der Waals surface area contributed by atoms with Gasteiger partial charge in [0.1, 0.15) is 0 Å². The van der Waals surface area contributed by atoms with Crippen LogP contribution < -0.4 is 20.4 Å². The number of nitrogens with zero attached hydrogens (tertiary/aromatic N) is 4. The minimum absolute atomic E-state index is 0.168. The standard InChI is InChI=1S/C24H31FN6O/c1-2-26-24(29-19-12-15-30(17-19)23-21(25)6-5-13-27-23)28-16-18-8-10-20(11-9-18)31-14-4-3-7-22(31)32/h5-6,8-11,13,19H,2-4,7,12,14-17H2,1H3,(H2,26,28,29). The van der Waals surface area contributed by atoms with Gasteiger partial charge in [0, 0.05) is 50.5 Å². The second kappa shape index (κ2) is 10.4. The topological polar surface area (TPSA) is 72.9 Å². The van der Waals surface area contributed by atoms with E-state index in [1.54, 1.807) is 12.3 Å². The van der Waals surface area contributed by atoms with E-state index in [2.05, 4.69) is 15.6 Å². The fourth-order valence-electron chi connectivity index (χ4n) is 4.22. The van der Waals surface area contributed by atoms with Crippen LogP contribution in [0.5, 0.6) is 0 Å². The number of aromatic nitrogens is 1. The van der Waals surface area contributed by atoms with Crippen molar-refractivity contribution in [2.45, 2.75) is 45.2 Å². The number of pyridine rings is 1. The van der Waals surface area contributed by atoms with E-state index in [9.17, 15) is 9.18 Å². The lowest BCUT2D eigenvalue weighted by Crippen LogP contribution is -2.44. The minimum atomic E-state index is -0.288. The molecule has 1 unspecified atom stereocenters. The number of hydrogen-bond donors (Lipinski definition) is 2. The summed E-state index contributed by atoms with van der Waals surface area (Å²) in [4.78, 5) is 24.9. The number of nitrogens with one attached hydrogen (secondary N) is 2. The summed E-state index contributed by atoms with van der Waals surface area (Å²) in [5.41, 5.74) is 2.04. The van der Waals surface area contributed by atoms with Crippen LogP contribution in [0.25, 0.3) is 0 Å². The van der Waals surface area contributed by atoms with Crippen molar-refractivity contribution in [1.29, 1.82) is 0 Å². The number of piperidine rings is 1. The molecule has 1 aromatic carbocycles. The maximum atomic E-state index is 14.0. The van der Waals surface area contributed by atoms with Crippen molar-refractivity contribution in [3.8, 4) is 0 Å². The first-order chi connectivity index (χ1) is 15.6. The third-order valence-electron chi connectivity index (χ3n) is 5.90. The molecule has 1 aromatic heterocycles. The van der Waals surface area contributed by atoms with Gasteiger partial charge in [-0.1, -0.05) is 12.1 Å². The van der Waals surface area contributed by atoms with Crippen LogP contribution in [-0.4, -0.2) is 49.1 Å². The first kappa shape index (κ1) is 22.0. The highest BCUT2D eigenvalue weighted by atomic mass is 19.1. The zero-order valence-electron chi connectivity index (χ0n) is 18.6. The van der Waals surface area contributed by atoms with Gasteiger partial charge in [0.15, 0.2) is 17.6 Å². The Balaban J connectivity index is 1.35. The molecule has 2 aromatic rings. The summed E-state index contributed by atoms with van der Waals surface area (Å²) in [6, 6.07) is 11.3. The van der Waals surface area contributed by atoms with E-state index in [0.29, 0.717) is 25.3 Å². The van der Waals surface area contributed by atoms with Crippen LogP contribution >= 0.6 is 0 Å². The largest absolute Gasteiger partial charge is 0.357 e. The van der Waals surface area contributed by atoms with Gasteiger partial charge in [0.05, 0.1) is 6.54 Å². The molecular weight excluding hydrogens is 407 g/mol. The smallest absolute Gasteiger partial charge is 0.226 e. The maximum Gasteiger partial charge on any atom is 0.226 e. The molecule has 7 nitrogen and oxygen atoms in total. The number of amides is 1. The van der Waals surface area contributed by atoms with Crippen LogP contribution in [0.15, 0.2) is 47.6 Å². The summed E-state index contributed by atoms with van der Waals surface area (Å²) in [5, 5.41) is 6.76. The molecule has 0 saturated carbocycles. The number of anilines is 2. The van der Waals surface area contributed by atoms with Gasteiger partial charge in [-0.05, 0) is 56.0 Å². The zero-order valence-corrected chi connectivity index (χ0v) is 18.6. The number of hydrogen-bond acceptors (Lipinski definition) is 4. The molecule has 0 bridgehead atoms. The van der Waals surface area contributed by atoms with E-state index in [1.807, 2.05) is 41.0 Å². The maximum absolute atomic E-state index is 14.0. The Hall–Kier alpha value is -3.16. The molecule has 170 valence electrons. The van der Waals surface area contributed by atoms with Crippen LogP contribution in [0.2, 0.25) is 0 Å². The van der Waals surface area contributed by atoms with Crippen molar-refractivity contribution in [3.05, 3.63) is 54.0 Å². The molecule has 32 heavy (non-hydrogen) atoms. The lowest BCUT2D eigenvalue weighted by molar-refractivity contribution is -0.119. The number of guanidine groups is 1. The van der Waals surface area contributed by atoms with Gasteiger partial charge < -0.3 is 20.4 Å². The summed E-state index contributed by atoms with van der Waals surface area (Å²) in [6.07, 6.45) is 5.18. The Labute approximate surface area is 188 Å². The molecule has 2 fully saturated rings. The molecule has 2 aliphatic rings. The number of aliphatic imine (C=N–C) groups is 1. The first-order valence-corrected chi connectivity index (χ1v) is 11.4. The van der Waals surface area contributed by atoms with E-state index in [-0.39, 0.29) is 17.8 Å². The first-order valence-electron chi connectivity index (χ1n) is 11.4. The van der Waals surface area contributed by atoms with E-state index >= 15 is 0 Å². The lowest BCUT2D eigenvalue weighted by Gasteiger charge is -2.26. The van der Waals surface area contributed by atoms with Crippen LogP contribution in [0.4, 0.5) is 15.9 Å². The van der Waals surface area contributed by atoms with Crippen molar-refractivity contribution in [1.82, 2.24) is 15.6 Å². The zero-order chi connectivity index (χ0) is 22.3. The second-order valence-corrected chi connectivity index (χ2v) is 8.25. The van der Waals surface area contributed by atoms with E-state index in [1.165, 1.54) is 6.07 Å². The summed E-state index contributed by atoms with van der Waals surface area (Å²) in [5.74, 6) is 1.07. The van der Waals surface area contributed by atoms with Crippen molar-refractivity contribution >= 4 is 23.4 Å². The third kappa shape index (κ3) is 5.36. The number of halogens is 1. The predicted octanol–water partition coefficient (Wildman–Crippen LogP) is 3.07. The molecule has 2 N–H and O–H groups in total. The van der Waals surface area contributed by atoms with Gasteiger partial charge in [0.2, 0.25) is 5.91 Å². The van der Waals surface area contributed by atoms with Gasteiger partial charge >= 0.3 is 0 Å². The molecule has 0 radical (unpaired) electrons. The number of carbonyl (C=O) groups excluding carboxylic acids is 1. The van der Waals surface area contributed by atoms with Gasteiger partial charge in [0.25, 0.3) is 0 Å². The van der Waals surface area contributed by atoms with Gasteiger partial charge in [-0.15, -0.1) is 0 Å². The monoisotopic (exact) mass is 438 g/mol. The summed E-state index contributed by atoms with van der Waals surface area (Å²) in [6.45, 7) is 5.55. The molecule has 2 saturated heterocycles. The highest BCUT2D eigenvalue weighted by Crippen LogP contribution is 2.22. The molecule has 1 amide bonds. The fourth-order valence-corrected chi connectivity index (χ4v) is 4.22. The van der Waals surface area contributed by atoms with Gasteiger partial charge in [-0.3, -0.25) is 4.79 Å². The number of benzene rings is 1. The second-order valence-electron chi connectivity index (χ2n) is 8.25. The van der Waals surface area contributed by atoms with E-state index < -0.39 is 0 Å². The molecule has 1 atom stereocenters. The lowest BCUT2D eigenvalue weighted by atomic mass is 10.1. The quantitative estimate of drug-likeness (QED) is 0.536. The Morgan fingerprint density at radius 3 is 2.81 bits per heavy atom. The number of carbonyl (C=O) groups is 1. The molecule has 3 heterocycles. The predicted molar refractivity (Wildman–Crippen MR) is 125 cm³/mol. The summed E-state index contributed by atoms with van der Waals surface area (Å²) < 4.78 is 14.0. The van der Waals surface area contributed by atoms with Crippen LogP contribution in [-0.2, 0) is 11.3 Å². The van der Waals surface area contributed by atoms with Crippen molar-refractivity contribution in [3.63, 3.8) is 0 Å². The third-order valence-corrected chi connectivity index (χ3v) is 5.90. The average Bonchev–Trinajstić information content (AvgIpc) is 3.27. The molecule has 8 heteroatoms. The Bertz CT molecular complexity index is 948. The Morgan fingerprint density at radius 2 is 2.06 bits per heavy atom. The summed E-state index contributed by atoms with van der Waals surface area (Å²) in [7, 11) is 0. The van der Waals surface area contributed by atoms with E-state index in [0.717, 1.165) is 56.1 Å². The Morgan fingerprint density at radius 1 is 1.22 bits per heavy atom. The SMILES string of the molecule is CCNC(=NCc1ccc(N2CCCCC2=O)cc1)NC1CCN(c2ncccc2F)C1. The normalized spacial score (nSPS) is 19.4. The fraction of sp³-hybridized carbons (Fsp3) is 0.458. The Kier molecular flexibility index (Phi) is 7.19. The molecule has 4 rings (SSSR count). The number of rotatable bonds is 6. The van der Waals surface area contributed by atoms with Crippen LogP contribution in [0.1, 0.15) is 38.2 Å². The summed E-state index contributed by atoms with van der Waals surface area (Å²) >= 11 is 0. The molecule has 0 aliphatic carbocycles. The highest BCUT2D eigenvalue weighted by molar-refractivity contribution is 5.93. The van der Waals surface area contributed by atoms with Crippen molar-refractivity contribution < 1.29 is 9.18 Å². The van der Waals surface area contributed by atoms with Crippen molar-refractivity contribution in [2.24, 2.45) is 4.99 Å². The minimum Gasteiger partial charge on any atom is -0.357 e. The van der Waals surface area contributed by atoms with Gasteiger partial charge in [-0.2, -0.15) is 0 Å². The molecule has 0 spiro atoms. The van der Waals surface area contributed by atoms with Crippen molar-refractivity contribution in [2.75, 3.05) is 36.0 Å². The molecular formula is C24H31FN6O.